The van der Waals surface area contributed by atoms with Crippen LogP contribution < -0.4 is 5.73 Å². The van der Waals surface area contributed by atoms with Gasteiger partial charge in [-0.05, 0) is 42.1 Å². The Morgan fingerprint density at radius 2 is 1.64 bits per heavy atom. The molecule has 0 radical (unpaired) electrons. The van der Waals surface area contributed by atoms with Crippen molar-refractivity contribution in [3.63, 3.8) is 0 Å². The van der Waals surface area contributed by atoms with Crippen molar-refractivity contribution >= 4 is 17.4 Å². The first-order valence-electron chi connectivity index (χ1n) is 4.15. The van der Waals surface area contributed by atoms with E-state index in [-0.39, 0.29) is 0 Å². The number of nitrogens with two attached hydrogens (primary N) is 1. The third-order valence-electron chi connectivity index (χ3n) is 1.63. The summed E-state index contributed by atoms with van der Waals surface area (Å²) in [5.74, 6) is 0. The van der Waals surface area contributed by atoms with Crippen LogP contribution in [0, 0.1) is 0 Å². The van der Waals surface area contributed by atoms with Crippen molar-refractivity contribution in [3.05, 3.63) is 42.7 Å². The van der Waals surface area contributed by atoms with Crippen LogP contribution in [0.4, 0.5) is 5.69 Å². The highest BCUT2D eigenvalue weighted by Gasteiger charge is 1.97. The van der Waals surface area contributed by atoms with E-state index < -0.39 is 0 Å². The quantitative estimate of drug-likeness (QED) is 0.600. The number of nitrogen functional groups attached to an aromatic ring is 1. The van der Waals surface area contributed by atoms with Crippen LogP contribution in [0.5, 0.6) is 0 Å². The Kier molecular flexibility index (Phi) is 2.65. The fraction of sp³-hybridized carbons (Fsp3) is 0. The summed E-state index contributed by atoms with van der Waals surface area (Å²) in [5.41, 5.74) is 6.35. The number of hydrogen-bond acceptors (Lipinski definition) is 4. The van der Waals surface area contributed by atoms with E-state index in [9.17, 15) is 0 Å². The van der Waals surface area contributed by atoms with Crippen LogP contribution in [0.2, 0.25) is 0 Å². The smallest absolute Gasteiger partial charge is 0.192 e. The summed E-state index contributed by atoms with van der Waals surface area (Å²) in [4.78, 5) is 9.32. The van der Waals surface area contributed by atoms with Crippen LogP contribution in [0.3, 0.4) is 0 Å². The maximum absolute atomic E-state index is 5.58. The molecule has 1 heterocycles. The molecule has 4 heteroatoms. The van der Waals surface area contributed by atoms with Gasteiger partial charge >= 0.3 is 0 Å². The Morgan fingerprint density at radius 1 is 1.00 bits per heavy atom. The van der Waals surface area contributed by atoms with Gasteiger partial charge in [0.05, 0.1) is 0 Å². The average molecular weight is 203 g/mol. The maximum Gasteiger partial charge on any atom is 0.192 e. The minimum atomic E-state index is 0.747. The molecule has 0 saturated heterocycles. The van der Waals surface area contributed by atoms with Gasteiger partial charge in [-0.2, -0.15) is 0 Å². The lowest BCUT2D eigenvalue weighted by atomic mass is 10.3. The molecule has 2 rings (SSSR count). The van der Waals surface area contributed by atoms with Crippen molar-refractivity contribution in [2.45, 2.75) is 10.1 Å². The molecule has 2 aromatic rings. The summed E-state index contributed by atoms with van der Waals surface area (Å²) in [6.07, 6.45) is 3.46. The Morgan fingerprint density at radius 3 is 2.29 bits per heavy atom. The Labute approximate surface area is 86.4 Å². The Balaban J connectivity index is 2.16. The average Bonchev–Trinajstić information content (AvgIpc) is 2.23. The Bertz CT molecular complexity index is 399. The molecule has 0 amide bonds. The molecular weight excluding hydrogens is 194 g/mol. The largest absolute Gasteiger partial charge is 0.399 e. The van der Waals surface area contributed by atoms with Gasteiger partial charge in [-0.25, -0.2) is 9.97 Å². The van der Waals surface area contributed by atoms with Crippen LogP contribution in [0.15, 0.2) is 52.8 Å². The van der Waals surface area contributed by atoms with E-state index in [4.69, 9.17) is 5.73 Å². The van der Waals surface area contributed by atoms with E-state index in [1.165, 1.54) is 11.8 Å². The van der Waals surface area contributed by atoms with Gasteiger partial charge in [0, 0.05) is 23.0 Å². The number of benzene rings is 1. The van der Waals surface area contributed by atoms with E-state index in [0.29, 0.717) is 0 Å². The third kappa shape index (κ3) is 2.23. The zero-order valence-electron chi connectivity index (χ0n) is 7.42. The first-order chi connectivity index (χ1) is 6.84. The highest BCUT2D eigenvalue weighted by atomic mass is 32.2. The van der Waals surface area contributed by atoms with Gasteiger partial charge in [-0.3, -0.25) is 0 Å². The molecule has 70 valence electrons. The van der Waals surface area contributed by atoms with Gasteiger partial charge in [0.25, 0.3) is 0 Å². The van der Waals surface area contributed by atoms with Crippen LogP contribution in [-0.4, -0.2) is 9.97 Å². The van der Waals surface area contributed by atoms with Crippen molar-refractivity contribution in [1.82, 2.24) is 9.97 Å². The van der Waals surface area contributed by atoms with Crippen LogP contribution in [0.25, 0.3) is 0 Å². The second kappa shape index (κ2) is 4.11. The molecule has 0 unspecified atom stereocenters. The lowest BCUT2D eigenvalue weighted by Gasteiger charge is -1.99. The number of nitrogens with zero attached hydrogens (tertiary/aromatic N) is 2. The molecule has 0 saturated carbocycles. The molecule has 1 aromatic heterocycles. The molecule has 0 spiro atoms. The summed E-state index contributed by atoms with van der Waals surface area (Å²) in [7, 11) is 0. The molecule has 2 N–H and O–H groups in total. The van der Waals surface area contributed by atoms with Crippen LogP contribution in [0.1, 0.15) is 0 Å². The van der Waals surface area contributed by atoms with Gasteiger partial charge in [0.1, 0.15) is 0 Å². The number of rotatable bonds is 2. The second-order valence-corrected chi connectivity index (χ2v) is 3.74. The maximum atomic E-state index is 5.58. The van der Waals surface area contributed by atoms with Crippen molar-refractivity contribution in [2.75, 3.05) is 5.73 Å². The summed E-state index contributed by atoms with van der Waals surface area (Å²) in [5, 5.41) is 0.747. The molecular formula is C10H9N3S. The van der Waals surface area contributed by atoms with Gasteiger partial charge < -0.3 is 5.73 Å². The van der Waals surface area contributed by atoms with Crippen molar-refractivity contribution in [2.24, 2.45) is 0 Å². The van der Waals surface area contributed by atoms with E-state index in [2.05, 4.69) is 9.97 Å². The lowest BCUT2D eigenvalue weighted by Crippen LogP contribution is -1.85. The first kappa shape index (κ1) is 9.02. The molecule has 14 heavy (non-hydrogen) atoms. The monoisotopic (exact) mass is 203 g/mol. The normalized spacial score (nSPS) is 10.0. The summed E-state index contributed by atoms with van der Waals surface area (Å²) in [6.45, 7) is 0. The minimum absolute atomic E-state index is 0.747. The SMILES string of the molecule is Nc1ccc(Sc2ncccn2)cc1. The van der Waals surface area contributed by atoms with Gasteiger partial charge in [-0.1, -0.05) is 0 Å². The minimum Gasteiger partial charge on any atom is -0.399 e. The highest BCUT2D eigenvalue weighted by Crippen LogP contribution is 2.24. The number of aromatic nitrogens is 2. The summed E-state index contributed by atoms with van der Waals surface area (Å²) >= 11 is 1.52. The topological polar surface area (TPSA) is 51.8 Å². The fourth-order valence-corrected chi connectivity index (χ4v) is 1.69. The molecule has 0 aliphatic heterocycles. The highest BCUT2D eigenvalue weighted by molar-refractivity contribution is 7.99. The summed E-state index contributed by atoms with van der Waals surface area (Å²) in [6, 6.07) is 9.44. The van der Waals surface area contributed by atoms with Crippen molar-refractivity contribution in [3.8, 4) is 0 Å². The number of anilines is 1. The molecule has 1 aromatic carbocycles. The van der Waals surface area contributed by atoms with Gasteiger partial charge in [-0.15, -0.1) is 0 Å². The van der Waals surface area contributed by atoms with E-state index in [1.54, 1.807) is 18.5 Å². The molecule has 0 fully saturated rings. The lowest BCUT2D eigenvalue weighted by molar-refractivity contribution is 0.967. The molecule has 0 atom stereocenters. The number of hydrogen-bond donors (Lipinski definition) is 1. The predicted octanol–water partition coefficient (Wildman–Crippen LogP) is 2.21. The second-order valence-electron chi connectivity index (χ2n) is 2.70. The molecule has 0 aliphatic rings. The van der Waals surface area contributed by atoms with Gasteiger partial charge in [0.15, 0.2) is 5.16 Å². The fourth-order valence-electron chi connectivity index (χ4n) is 0.979. The first-order valence-corrected chi connectivity index (χ1v) is 4.97. The van der Waals surface area contributed by atoms with E-state index >= 15 is 0 Å². The van der Waals surface area contributed by atoms with E-state index in [0.717, 1.165) is 15.7 Å². The predicted molar refractivity (Wildman–Crippen MR) is 57.0 cm³/mol. The van der Waals surface area contributed by atoms with E-state index in [1.807, 2.05) is 24.3 Å². The van der Waals surface area contributed by atoms with Crippen LogP contribution in [-0.2, 0) is 0 Å². The van der Waals surface area contributed by atoms with Crippen molar-refractivity contribution in [1.29, 1.82) is 0 Å². The molecule has 0 aliphatic carbocycles. The zero-order chi connectivity index (χ0) is 9.80. The molecule has 3 nitrogen and oxygen atoms in total. The van der Waals surface area contributed by atoms with Crippen LogP contribution >= 0.6 is 11.8 Å². The Hall–Kier alpha value is -1.55. The zero-order valence-corrected chi connectivity index (χ0v) is 8.24. The third-order valence-corrected chi connectivity index (χ3v) is 2.53. The standard InChI is InChI=1S/C10H9N3S/c11-8-2-4-9(5-3-8)14-10-12-6-1-7-13-10/h1-7H,11H2. The summed E-state index contributed by atoms with van der Waals surface area (Å²) < 4.78 is 0. The van der Waals surface area contributed by atoms with Gasteiger partial charge in [0.2, 0.25) is 0 Å². The molecule has 0 bridgehead atoms. The van der Waals surface area contributed by atoms with Crippen molar-refractivity contribution < 1.29 is 0 Å².